The van der Waals surface area contributed by atoms with E-state index in [0.717, 1.165) is 37.4 Å². The Morgan fingerprint density at radius 1 is 0.897 bits per heavy atom. The zero-order valence-electron chi connectivity index (χ0n) is 16.7. The molecule has 1 N–H and O–H groups in total. The molecule has 5 heteroatoms. The van der Waals surface area contributed by atoms with Crippen molar-refractivity contribution in [2.24, 2.45) is 0 Å². The van der Waals surface area contributed by atoms with Gasteiger partial charge in [0.2, 0.25) is 0 Å². The van der Waals surface area contributed by atoms with E-state index in [-0.39, 0.29) is 5.91 Å². The molecule has 148 valence electrons. The lowest BCUT2D eigenvalue weighted by Gasteiger charge is -2.37. The van der Waals surface area contributed by atoms with Gasteiger partial charge in [-0.15, -0.1) is 0 Å². The number of hydrogen-bond donors (Lipinski definition) is 1. The van der Waals surface area contributed by atoms with Gasteiger partial charge in [0, 0.05) is 38.4 Å². The van der Waals surface area contributed by atoms with E-state index in [9.17, 15) is 4.79 Å². The van der Waals surface area contributed by atoms with Gasteiger partial charge in [0.05, 0.1) is 11.9 Å². The van der Waals surface area contributed by atoms with E-state index in [4.69, 9.17) is 0 Å². The minimum Gasteiger partial charge on any atom is -0.368 e. The molecule has 0 bridgehead atoms. The lowest BCUT2D eigenvalue weighted by atomic mass is 10.1. The van der Waals surface area contributed by atoms with Crippen LogP contribution in [0, 0.1) is 6.92 Å². The number of amides is 1. The summed E-state index contributed by atoms with van der Waals surface area (Å²) in [5.74, 6) is -0.146. The van der Waals surface area contributed by atoms with E-state index in [2.05, 4.69) is 50.4 Å². The van der Waals surface area contributed by atoms with Crippen LogP contribution in [-0.2, 0) is 6.54 Å². The Morgan fingerprint density at radius 3 is 2.28 bits per heavy atom. The van der Waals surface area contributed by atoms with Gasteiger partial charge in [0.1, 0.15) is 5.69 Å². The second kappa shape index (κ2) is 8.78. The quantitative estimate of drug-likeness (QED) is 0.727. The Hall–Kier alpha value is -3.34. The third kappa shape index (κ3) is 4.74. The predicted molar refractivity (Wildman–Crippen MR) is 117 cm³/mol. The zero-order chi connectivity index (χ0) is 20.1. The van der Waals surface area contributed by atoms with Crippen molar-refractivity contribution in [3.8, 4) is 0 Å². The third-order valence-electron chi connectivity index (χ3n) is 5.28. The molecule has 0 aliphatic carbocycles. The van der Waals surface area contributed by atoms with Crippen LogP contribution in [0.2, 0.25) is 0 Å². The maximum Gasteiger partial charge on any atom is 0.270 e. The monoisotopic (exact) mass is 386 g/mol. The van der Waals surface area contributed by atoms with Crippen LogP contribution in [0.3, 0.4) is 0 Å². The van der Waals surface area contributed by atoms with Crippen molar-refractivity contribution in [3.63, 3.8) is 0 Å². The molecule has 3 aromatic rings. The number of benzene rings is 2. The molecular formula is C24H26N4O. The zero-order valence-corrected chi connectivity index (χ0v) is 16.7. The molecule has 0 unspecified atom stereocenters. The van der Waals surface area contributed by atoms with E-state index >= 15 is 0 Å². The molecular weight excluding hydrogens is 360 g/mol. The normalized spacial score (nSPS) is 14.0. The van der Waals surface area contributed by atoms with Gasteiger partial charge in [-0.25, -0.2) is 4.98 Å². The van der Waals surface area contributed by atoms with Crippen LogP contribution in [0.1, 0.15) is 21.6 Å². The highest BCUT2D eigenvalue weighted by molar-refractivity contribution is 5.92. The highest BCUT2D eigenvalue weighted by atomic mass is 16.1. The standard InChI is InChI=1S/C24H26N4O/c1-19-6-5-7-20(16-19)17-26-24(29)23-11-10-22(18-25-23)28-14-12-27(13-15-28)21-8-3-2-4-9-21/h2-11,16,18H,12-15,17H2,1H3,(H,26,29). The fraction of sp³-hybridized carbons (Fsp3) is 0.250. The number of piperazine rings is 1. The van der Waals surface area contributed by atoms with Crippen molar-refractivity contribution in [2.45, 2.75) is 13.5 Å². The van der Waals surface area contributed by atoms with Crippen molar-refractivity contribution in [1.82, 2.24) is 10.3 Å². The number of hydrogen-bond acceptors (Lipinski definition) is 4. The summed E-state index contributed by atoms with van der Waals surface area (Å²) in [6.45, 7) is 6.38. The Kier molecular flexibility index (Phi) is 5.75. The molecule has 1 aliphatic heterocycles. The lowest BCUT2D eigenvalue weighted by molar-refractivity contribution is 0.0946. The van der Waals surface area contributed by atoms with Crippen LogP contribution in [-0.4, -0.2) is 37.1 Å². The smallest absolute Gasteiger partial charge is 0.270 e. The van der Waals surface area contributed by atoms with Gasteiger partial charge in [0.25, 0.3) is 5.91 Å². The van der Waals surface area contributed by atoms with Gasteiger partial charge < -0.3 is 15.1 Å². The fourth-order valence-corrected chi connectivity index (χ4v) is 3.66. The third-order valence-corrected chi connectivity index (χ3v) is 5.28. The molecule has 0 saturated carbocycles. The van der Waals surface area contributed by atoms with Gasteiger partial charge in [-0.2, -0.15) is 0 Å². The average Bonchev–Trinajstić information content (AvgIpc) is 2.78. The summed E-state index contributed by atoms with van der Waals surface area (Å²) in [6.07, 6.45) is 1.81. The van der Waals surface area contributed by atoms with Gasteiger partial charge in [-0.1, -0.05) is 48.0 Å². The van der Waals surface area contributed by atoms with Crippen LogP contribution in [0.4, 0.5) is 11.4 Å². The number of nitrogens with zero attached hydrogens (tertiary/aromatic N) is 3. The molecule has 0 radical (unpaired) electrons. The van der Waals surface area contributed by atoms with Crippen molar-refractivity contribution in [2.75, 3.05) is 36.0 Å². The van der Waals surface area contributed by atoms with Crippen LogP contribution in [0.15, 0.2) is 72.9 Å². The van der Waals surface area contributed by atoms with E-state index < -0.39 is 0 Å². The number of anilines is 2. The number of nitrogens with one attached hydrogen (secondary N) is 1. The van der Waals surface area contributed by atoms with Crippen molar-refractivity contribution in [3.05, 3.63) is 89.7 Å². The van der Waals surface area contributed by atoms with Crippen LogP contribution in [0.25, 0.3) is 0 Å². The van der Waals surface area contributed by atoms with Crippen molar-refractivity contribution in [1.29, 1.82) is 0 Å². The fourth-order valence-electron chi connectivity index (χ4n) is 3.66. The Bertz CT molecular complexity index is 948. The molecule has 1 fully saturated rings. The van der Waals surface area contributed by atoms with Crippen LogP contribution < -0.4 is 15.1 Å². The molecule has 1 saturated heterocycles. The summed E-state index contributed by atoms with van der Waals surface area (Å²) in [5, 5.41) is 2.94. The van der Waals surface area contributed by atoms with Gasteiger partial charge in [0.15, 0.2) is 0 Å². The Labute approximate surface area is 172 Å². The highest BCUT2D eigenvalue weighted by Gasteiger charge is 2.18. The second-order valence-electron chi connectivity index (χ2n) is 7.38. The number of aromatic nitrogens is 1. The number of rotatable bonds is 5. The summed E-state index contributed by atoms with van der Waals surface area (Å²) in [5.41, 5.74) is 5.06. The summed E-state index contributed by atoms with van der Waals surface area (Å²) >= 11 is 0. The lowest BCUT2D eigenvalue weighted by Crippen LogP contribution is -2.46. The molecule has 4 rings (SSSR count). The predicted octanol–water partition coefficient (Wildman–Crippen LogP) is 3.65. The first-order chi connectivity index (χ1) is 14.2. The first kappa shape index (κ1) is 19.0. The van der Waals surface area contributed by atoms with Gasteiger partial charge in [-0.3, -0.25) is 4.79 Å². The van der Waals surface area contributed by atoms with Gasteiger partial charge >= 0.3 is 0 Å². The molecule has 5 nitrogen and oxygen atoms in total. The number of pyridine rings is 1. The van der Waals surface area contributed by atoms with Crippen molar-refractivity contribution < 1.29 is 4.79 Å². The first-order valence-corrected chi connectivity index (χ1v) is 10.0. The summed E-state index contributed by atoms with van der Waals surface area (Å²) in [6, 6.07) is 22.4. The molecule has 29 heavy (non-hydrogen) atoms. The molecule has 1 aliphatic rings. The summed E-state index contributed by atoms with van der Waals surface area (Å²) in [4.78, 5) is 21.5. The van der Waals surface area contributed by atoms with E-state index in [1.807, 2.05) is 43.3 Å². The molecule has 0 atom stereocenters. The maximum absolute atomic E-state index is 12.4. The Balaban J connectivity index is 1.31. The minimum atomic E-state index is -0.146. The Morgan fingerprint density at radius 2 is 1.62 bits per heavy atom. The molecule has 0 spiro atoms. The van der Waals surface area contributed by atoms with Crippen molar-refractivity contribution >= 4 is 17.3 Å². The number of carbonyl (C=O) groups is 1. The molecule has 1 amide bonds. The number of aryl methyl sites for hydroxylation is 1. The first-order valence-electron chi connectivity index (χ1n) is 10.0. The van der Waals surface area contributed by atoms with E-state index in [1.165, 1.54) is 11.3 Å². The number of carbonyl (C=O) groups excluding carboxylic acids is 1. The highest BCUT2D eigenvalue weighted by Crippen LogP contribution is 2.20. The minimum absolute atomic E-state index is 0.146. The van der Waals surface area contributed by atoms with Gasteiger partial charge in [-0.05, 0) is 36.8 Å². The van der Waals surface area contributed by atoms with E-state index in [1.54, 1.807) is 6.20 Å². The SMILES string of the molecule is Cc1cccc(CNC(=O)c2ccc(N3CCN(c4ccccc4)CC3)cn2)c1. The summed E-state index contributed by atoms with van der Waals surface area (Å²) < 4.78 is 0. The number of para-hydroxylation sites is 1. The molecule has 2 aromatic carbocycles. The van der Waals surface area contributed by atoms with Crippen LogP contribution >= 0.6 is 0 Å². The van der Waals surface area contributed by atoms with Crippen LogP contribution in [0.5, 0.6) is 0 Å². The second-order valence-corrected chi connectivity index (χ2v) is 7.38. The maximum atomic E-state index is 12.4. The molecule has 2 heterocycles. The summed E-state index contributed by atoms with van der Waals surface area (Å²) in [7, 11) is 0. The average molecular weight is 386 g/mol. The topological polar surface area (TPSA) is 48.5 Å². The van der Waals surface area contributed by atoms with E-state index in [0.29, 0.717) is 12.2 Å². The molecule has 1 aromatic heterocycles. The largest absolute Gasteiger partial charge is 0.368 e.